The number of unbranched alkanes of at least 4 members (excludes halogenated alkanes) is 1. The average molecular weight is 155 g/mol. The molecule has 1 saturated heterocycles. The number of ketones is 1. The third kappa shape index (κ3) is 2.62. The van der Waals surface area contributed by atoms with Crippen molar-refractivity contribution in [1.29, 1.82) is 0 Å². The quantitative estimate of drug-likeness (QED) is 0.664. The van der Waals surface area contributed by atoms with Crippen molar-refractivity contribution in [3.05, 3.63) is 0 Å². The highest BCUT2D eigenvalue weighted by Crippen LogP contribution is 2.12. The van der Waals surface area contributed by atoms with Gasteiger partial charge in [0, 0.05) is 18.9 Å². The smallest absolute Gasteiger partial charge is 0.137 e. The SMILES string of the molecule is CCCCC(=O)[C@@H]1CCNC1. The van der Waals surface area contributed by atoms with Gasteiger partial charge in [-0.1, -0.05) is 13.3 Å². The second kappa shape index (κ2) is 4.50. The molecule has 0 aromatic carbocycles. The van der Waals surface area contributed by atoms with Gasteiger partial charge in [0.1, 0.15) is 5.78 Å². The van der Waals surface area contributed by atoms with Crippen LogP contribution in [0.25, 0.3) is 0 Å². The van der Waals surface area contributed by atoms with E-state index in [0.717, 1.165) is 38.8 Å². The minimum atomic E-state index is 0.335. The first kappa shape index (κ1) is 8.72. The molecule has 1 aliphatic heterocycles. The van der Waals surface area contributed by atoms with Crippen LogP contribution < -0.4 is 5.32 Å². The maximum Gasteiger partial charge on any atom is 0.137 e. The maximum absolute atomic E-state index is 11.4. The molecule has 0 aromatic rings. The van der Waals surface area contributed by atoms with Crippen molar-refractivity contribution in [2.45, 2.75) is 32.6 Å². The zero-order valence-electron chi connectivity index (χ0n) is 7.23. The van der Waals surface area contributed by atoms with E-state index in [0.29, 0.717) is 11.7 Å². The summed E-state index contributed by atoms with van der Waals surface area (Å²) in [4.78, 5) is 11.4. The van der Waals surface area contributed by atoms with Crippen molar-refractivity contribution in [1.82, 2.24) is 5.32 Å². The van der Waals surface area contributed by atoms with Gasteiger partial charge in [0.15, 0.2) is 0 Å². The highest BCUT2D eigenvalue weighted by Gasteiger charge is 2.20. The fourth-order valence-corrected chi connectivity index (χ4v) is 1.48. The molecule has 1 N–H and O–H groups in total. The van der Waals surface area contributed by atoms with Crippen LogP contribution in [0.1, 0.15) is 32.6 Å². The van der Waals surface area contributed by atoms with E-state index in [1.807, 2.05) is 0 Å². The molecule has 0 aliphatic carbocycles. The predicted octanol–water partition coefficient (Wildman–Crippen LogP) is 1.36. The first-order chi connectivity index (χ1) is 5.34. The van der Waals surface area contributed by atoms with Gasteiger partial charge in [-0.05, 0) is 19.4 Å². The molecule has 0 radical (unpaired) electrons. The standard InChI is InChI=1S/C9H17NO/c1-2-3-4-9(11)8-5-6-10-7-8/h8,10H,2-7H2,1H3/t8-/m1/s1. The molecule has 0 bridgehead atoms. The van der Waals surface area contributed by atoms with Crippen molar-refractivity contribution in [3.63, 3.8) is 0 Å². The Labute approximate surface area is 68.4 Å². The Morgan fingerprint density at radius 1 is 1.64 bits per heavy atom. The fourth-order valence-electron chi connectivity index (χ4n) is 1.48. The van der Waals surface area contributed by atoms with Crippen molar-refractivity contribution in [3.8, 4) is 0 Å². The van der Waals surface area contributed by atoms with Crippen LogP contribution in [0.4, 0.5) is 0 Å². The molecule has 0 aromatic heterocycles. The van der Waals surface area contributed by atoms with E-state index in [1.54, 1.807) is 0 Å². The van der Waals surface area contributed by atoms with Gasteiger partial charge in [0.2, 0.25) is 0 Å². The van der Waals surface area contributed by atoms with Crippen LogP contribution in [-0.2, 0) is 4.79 Å². The number of carbonyl (C=O) groups excluding carboxylic acids is 1. The van der Waals surface area contributed by atoms with E-state index in [9.17, 15) is 4.79 Å². The molecule has 11 heavy (non-hydrogen) atoms. The Balaban J connectivity index is 2.17. The number of hydrogen-bond acceptors (Lipinski definition) is 2. The monoisotopic (exact) mass is 155 g/mol. The predicted molar refractivity (Wildman–Crippen MR) is 45.5 cm³/mol. The second-order valence-electron chi connectivity index (χ2n) is 3.26. The van der Waals surface area contributed by atoms with Crippen LogP contribution in [0.2, 0.25) is 0 Å². The zero-order chi connectivity index (χ0) is 8.10. The number of hydrogen-bond donors (Lipinski definition) is 1. The molecule has 0 unspecified atom stereocenters. The van der Waals surface area contributed by atoms with Gasteiger partial charge >= 0.3 is 0 Å². The van der Waals surface area contributed by atoms with E-state index >= 15 is 0 Å². The molecule has 0 spiro atoms. The van der Waals surface area contributed by atoms with Crippen molar-refractivity contribution in [2.24, 2.45) is 5.92 Å². The largest absolute Gasteiger partial charge is 0.316 e. The Morgan fingerprint density at radius 2 is 2.45 bits per heavy atom. The Kier molecular flexibility index (Phi) is 3.57. The normalized spacial score (nSPS) is 23.9. The lowest BCUT2D eigenvalue weighted by molar-refractivity contribution is -0.122. The van der Waals surface area contributed by atoms with Crippen LogP contribution in [-0.4, -0.2) is 18.9 Å². The fraction of sp³-hybridized carbons (Fsp3) is 0.889. The van der Waals surface area contributed by atoms with Gasteiger partial charge in [-0.3, -0.25) is 4.79 Å². The Bertz CT molecular complexity index is 128. The van der Waals surface area contributed by atoms with Crippen molar-refractivity contribution < 1.29 is 4.79 Å². The second-order valence-corrected chi connectivity index (χ2v) is 3.26. The minimum absolute atomic E-state index is 0.335. The van der Waals surface area contributed by atoms with E-state index in [1.165, 1.54) is 0 Å². The molecule has 64 valence electrons. The molecule has 2 heteroatoms. The minimum Gasteiger partial charge on any atom is -0.316 e. The molecule has 1 atom stereocenters. The zero-order valence-corrected chi connectivity index (χ0v) is 7.23. The van der Waals surface area contributed by atoms with Crippen LogP contribution in [0, 0.1) is 5.92 Å². The molecular formula is C9H17NO. The molecule has 2 nitrogen and oxygen atoms in total. The third-order valence-corrected chi connectivity index (χ3v) is 2.29. The molecule has 0 amide bonds. The topological polar surface area (TPSA) is 29.1 Å². The lowest BCUT2D eigenvalue weighted by Crippen LogP contribution is -2.17. The average Bonchev–Trinajstić information content (AvgIpc) is 2.52. The summed E-state index contributed by atoms with van der Waals surface area (Å²) in [5.74, 6) is 0.804. The first-order valence-electron chi connectivity index (χ1n) is 4.58. The van der Waals surface area contributed by atoms with Gasteiger partial charge in [0.25, 0.3) is 0 Å². The van der Waals surface area contributed by atoms with Crippen LogP contribution in [0.15, 0.2) is 0 Å². The van der Waals surface area contributed by atoms with Crippen molar-refractivity contribution >= 4 is 5.78 Å². The van der Waals surface area contributed by atoms with Crippen LogP contribution >= 0.6 is 0 Å². The Morgan fingerprint density at radius 3 is 3.00 bits per heavy atom. The summed E-state index contributed by atoms with van der Waals surface area (Å²) in [5, 5.41) is 3.21. The molecule has 1 heterocycles. The first-order valence-corrected chi connectivity index (χ1v) is 4.58. The van der Waals surface area contributed by atoms with Crippen LogP contribution in [0.5, 0.6) is 0 Å². The summed E-state index contributed by atoms with van der Waals surface area (Å²) in [5.41, 5.74) is 0. The third-order valence-electron chi connectivity index (χ3n) is 2.29. The van der Waals surface area contributed by atoms with E-state index in [-0.39, 0.29) is 0 Å². The van der Waals surface area contributed by atoms with Gasteiger partial charge in [-0.15, -0.1) is 0 Å². The van der Waals surface area contributed by atoms with Gasteiger partial charge in [0.05, 0.1) is 0 Å². The summed E-state index contributed by atoms with van der Waals surface area (Å²) in [6, 6.07) is 0. The summed E-state index contributed by atoms with van der Waals surface area (Å²) in [6.45, 7) is 4.07. The number of carbonyl (C=O) groups is 1. The van der Waals surface area contributed by atoms with Gasteiger partial charge in [-0.25, -0.2) is 0 Å². The summed E-state index contributed by atoms with van der Waals surface area (Å²) in [7, 11) is 0. The lowest BCUT2D eigenvalue weighted by Gasteiger charge is -2.04. The van der Waals surface area contributed by atoms with E-state index < -0.39 is 0 Å². The van der Waals surface area contributed by atoms with Crippen molar-refractivity contribution in [2.75, 3.05) is 13.1 Å². The molecular weight excluding hydrogens is 138 g/mol. The molecule has 0 saturated carbocycles. The number of rotatable bonds is 4. The Hall–Kier alpha value is -0.370. The molecule has 1 rings (SSSR count). The lowest BCUT2D eigenvalue weighted by atomic mass is 9.99. The molecule has 1 fully saturated rings. The summed E-state index contributed by atoms with van der Waals surface area (Å²) >= 11 is 0. The summed E-state index contributed by atoms with van der Waals surface area (Å²) < 4.78 is 0. The van der Waals surface area contributed by atoms with Gasteiger partial charge in [-0.2, -0.15) is 0 Å². The van der Waals surface area contributed by atoms with E-state index in [2.05, 4.69) is 12.2 Å². The number of nitrogens with one attached hydrogen (secondary N) is 1. The summed E-state index contributed by atoms with van der Waals surface area (Å²) in [6.07, 6.45) is 4.05. The van der Waals surface area contributed by atoms with E-state index in [4.69, 9.17) is 0 Å². The van der Waals surface area contributed by atoms with Crippen LogP contribution in [0.3, 0.4) is 0 Å². The maximum atomic E-state index is 11.4. The van der Waals surface area contributed by atoms with Gasteiger partial charge < -0.3 is 5.32 Å². The highest BCUT2D eigenvalue weighted by molar-refractivity contribution is 5.81. The highest BCUT2D eigenvalue weighted by atomic mass is 16.1. The molecule has 1 aliphatic rings. The number of Topliss-reactive ketones (excluding diaryl/α,β-unsaturated/α-hetero) is 1.